The minimum absolute atomic E-state index is 0. The lowest BCUT2D eigenvalue weighted by molar-refractivity contribution is 0.102. The molecule has 1 heterocycles. The highest BCUT2D eigenvalue weighted by Crippen LogP contribution is 2.32. The Morgan fingerprint density at radius 2 is 1.79 bits per heavy atom. The van der Waals surface area contributed by atoms with Gasteiger partial charge in [-0.1, -0.05) is 45.9 Å². The van der Waals surface area contributed by atoms with Crippen LogP contribution in [-0.2, 0) is 6.42 Å². The van der Waals surface area contributed by atoms with Gasteiger partial charge in [-0.05, 0) is 29.5 Å². The monoisotopic (exact) mass is 367 g/mol. The fourth-order valence-electron chi connectivity index (χ4n) is 2.53. The van der Waals surface area contributed by atoms with E-state index >= 15 is 0 Å². The number of rotatable bonds is 6. The number of nitrogens with one attached hydrogen (secondary N) is 1. The van der Waals surface area contributed by atoms with E-state index in [1.165, 1.54) is 11.3 Å². The number of carbonyl (C=O) groups is 1. The zero-order valence-electron chi connectivity index (χ0n) is 14.6. The zero-order chi connectivity index (χ0) is 17.0. The maximum Gasteiger partial charge on any atom is 0.275 e. The van der Waals surface area contributed by atoms with Crippen LogP contribution in [0.4, 0.5) is 5.69 Å². The van der Waals surface area contributed by atoms with Crippen molar-refractivity contribution in [3.63, 3.8) is 0 Å². The minimum atomic E-state index is -0.153. The molecule has 6 heteroatoms. The predicted molar refractivity (Wildman–Crippen MR) is 105 cm³/mol. The number of nitrogens with two attached hydrogens (primary N) is 1. The Kier molecular flexibility index (Phi) is 7.87. The third kappa shape index (κ3) is 4.79. The summed E-state index contributed by atoms with van der Waals surface area (Å²) >= 11 is 1.48. The molecule has 132 valence electrons. The molecule has 0 aliphatic heterocycles. The predicted octanol–water partition coefficient (Wildman–Crippen LogP) is 4.57. The van der Waals surface area contributed by atoms with Crippen molar-refractivity contribution in [1.29, 1.82) is 0 Å². The molecule has 0 bridgehead atoms. The number of hydrogen-bond acceptors (Lipinski definition) is 4. The van der Waals surface area contributed by atoms with E-state index in [1.807, 2.05) is 0 Å². The quantitative estimate of drug-likeness (QED) is 0.786. The van der Waals surface area contributed by atoms with Gasteiger partial charge in [0, 0.05) is 17.5 Å². The van der Waals surface area contributed by atoms with E-state index in [9.17, 15) is 4.79 Å². The Morgan fingerprint density at radius 1 is 1.21 bits per heavy atom. The minimum Gasteiger partial charge on any atom is -0.330 e. The fourth-order valence-corrected chi connectivity index (χ4v) is 3.32. The van der Waals surface area contributed by atoms with Gasteiger partial charge < -0.3 is 11.1 Å². The Labute approximate surface area is 154 Å². The van der Waals surface area contributed by atoms with Gasteiger partial charge in [0.2, 0.25) is 0 Å². The van der Waals surface area contributed by atoms with E-state index in [1.54, 1.807) is 5.38 Å². The molecule has 2 aromatic rings. The number of anilines is 1. The second-order valence-corrected chi connectivity index (χ2v) is 7.18. The summed E-state index contributed by atoms with van der Waals surface area (Å²) in [5, 5.41) is 5.79. The van der Waals surface area contributed by atoms with Gasteiger partial charge in [-0.15, -0.1) is 23.7 Å². The van der Waals surface area contributed by atoms with Crippen LogP contribution in [0.3, 0.4) is 0 Å². The highest BCUT2D eigenvalue weighted by atomic mass is 35.5. The molecule has 0 saturated carbocycles. The molecule has 0 aliphatic carbocycles. The number of benzene rings is 1. The maximum absolute atomic E-state index is 12.6. The number of halogens is 1. The molecular weight excluding hydrogens is 342 g/mol. The van der Waals surface area contributed by atoms with E-state index in [-0.39, 0.29) is 18.3 Å². The van der Waals surface area contributed by atoms with Gasteiger partial charge in [-0.25, -0.2) is 4.98 Å². The van der Waals surface area contributed by atoms with Crippen LogP contribution in [0.5, 0.6) is 0 Å². The highest BCUT2D eigenvalue weighted by Gasteiger charge is 2.18. The third-order valence-corrected chi connectivity index (χ3v) is 4.66. The molecule has 0 saturated heterocycles. The summed E-state index contributed by atoms with van der Waals surface area (Å²) in [6.45, 7) is 9.09. The molecule has 0 fully saturated rings. The van der Waals surface area contributed by atoms with Gasteiger partial charge in [0.05, 0.1) is 5.01 Å². The van der Waals surface area contributed by atoms with E-state index in [0.717, 1.165) is 21.8 Å². The molecule has 0 unspecified atom stereocenters. The molecule has 0 radical (unpaired) electrons. The zero-order valence-corrected chi connectivity index (χ0v) is 16.3. The van der Waals surface area contributed by atoms with Crippen LogP contribution in [0.25, 0.3) is 0 Å². The molecule has 1 amide bonds. The van der Waals surface area contributed by atoms with Crippen molar-refractivity contribution < 1.29 is 4.79 Å². The van der Waals surface area contributed by atoms with Crippen molar-refractivity contribution in [2.24, 2.45) is 5.73 Å². The molecular formula is C18H26ClN3OS. The van der Waals surface area contributed by atoms with Crippen molar-refractivity contribution in [3.05, 3.63) is 45.4 Å². The molecule has 3 N–H and O–H groups in total. The van der Waals surface area contributed by atoms with Crippen LogP contribution in [0.15, 0.2) is 23.6 Å². The number of thiazole rings is 1. The van der Waals surface area contributed by atoms with Gasteiger partial charge in [-0.2, -0.15) is 0 Å². The molecule has 4 nitrogen and oxygen atoms in total. The van der Waals surface area contributed by atoms with E-state index in [4.69, 9.17) is 5.73 Å². The number of carbonyl (C=O) groups excluding carboxylic acids is 1. The van der Waals surface area contributed by atoms with Crippen molar-refractivity contribution >= 4 is 35.3 Å². The summed E-state index contributed by atoms with van der Waals surface area (Å²) in [5.41, 5.74) is 9.24. The van der Waals surface area contributed by atoms with Crippen LogP contribution in [-0.4, -0.2) is 17.4 Å². The lowest BCUT2D eigenvalue weighted by atomic mass is 9.92. The second kappa shape index (κ2) is 9.16. The third-order valence-electron chi connectivity index (χ3n) is 3.75. The van der Waals surface area contributed by atoms with Gasteiger partial charge >= 0.3 is 0 Å². The first-order valence-electron chi connectivity index (χ1n) is 8.02. The van der Waals surface area contributed by atoms with Gasteiger partial charge in [0.25, 0.3) is 5.91 Å². The normalized spacial score (nSPS) is 10.8. The Hall–Kier alpha value is -1.43. The SMILES string of the molecule is CC(C)c1cccc(C(C)C)c1NC(=O)c1csc(CCN)n1.Cl. The maximum atomic E-state index is 12.6. The second-order valence-electron chi connectivity index (χ2n) is 6.24. The molecule has 0 atom stereocenters. The van der Waals surface area contributed by atoms with E-state index in [0.29, 0.717) is 30.5 Å². The van der Waals surface area contributed by atoms with Crippen LogP contribution in [0.1, 0.15) is 66.2 Å². The topological polar surface area (TPSA) is 68.0 Å². The Morgan fingerprint density at radius 3 is 2.29 bits per heavy atom. The summed E-state index contributed by atoms with van der Waals surface area (Å²) < 4.78 is 0. The fraction of sp³-hybridized carbons (Fsp3) is 0.444. The lowest BCUT2D eigenvalue weighted by Gasteiger charge is -2.19. The van der Waals surface area contributed by atoms with Crippen molar-refractivity contribution in [1.82, 2.24) is 4.98 Å². The smallest absolute Gasteiger partial charge is 0.275 e. The molecule has 0 aliphatic rings. The number of para-hydroxylation sites is 1. The summed E-state index contributed by atoms with van der Waals surface area (Å²) in [4.78, 5) is 17.0. The summed E-state index contributed by atoms with van der Waals surface area (Å²) in [6, 6.07) is 6.21. The molecule has 2 rings (SSSR count). The molecule has 24 heavy (non-hydrogen) atoms. The lowest BCUT2D eigenvalue weighted by Crippen LogP contribution is -2.16. The average molecular weight is 368 g/mol. The number of nitrogens with zero attached hydrogens (tertiary/aromatic N) is 1. The van der Waals surface area contributed by atoms with Crippen molar-refractivity contribution in [2.75, 3.05) is 11.9 Å². The summed E-state index contributed by atoms with van der Waals surface area (Å²) in [6.07, 6.45) is 0.706. The van der Waals surface area contributed by atoms with Crippen LogP contribution >= 0.6 is 23.7 Å². The number of hydrogen-bond donors (Lipinski definition) is 2. The van der Waals surface area contributed by atoms with Crippen LogP contribution in [0.2, 0.25) is 0 Å². The van der Waals surface area contributed by atoms with Gasteiger partial charge in [0.15, 0.2) is 0 Å². The first-order valence-corrected chi connectivity index (χ1v) is 8.90. The summed E-state index contributed by atoms with van der Waals surface area (Å²) in [7, 11) is 0. The van der Waals surface area contributed by atoms with E-state index < -0.39 is 0 Å². The van der Waals surface area contributed by atoms with Crippen LogP contribution in [0, 0.1) is 0 Å². The first-order chi connectivity index (χ1) is 10.9. The molecule has 0 spiro atoms. The Balaban J connectivity index is 0.00000288. The average Bonchev–Trinajstić information content (AvgIpc) is 2.96. The number of aromatic nitrogens is 1. The standard InChI is InChI=1S/C18H25N3OS.ClH/c1-11(2)13-6-5-7-14(12(3)4)17(13)21-18(22)15-10-23-16(20-15)8-9-19;/h5-7,10-12H,8-9,19H2,1-4H3,(H,21,22);1H. The van der Waals surface area contributed by atoms with Crippen LogP contribution < -0.4 is 11.1 Å². The van der Waals surface area contributed by atoms with E-state index in [2.05, 4.69) is 56.2 Å². The summed E-state index contributed by atoms with van der Waals surface area (Å²) in [5.74, 6) is 0.527. The van der Waals surface area contributed by atoms with Crippen molar-refractivity contribution in [3.8, 4) is 0 Å². The Bertz CT molecular complexity index is 656. The first kappa shape index (κ1) is 20.6. The molecule has 1 aromatic heterocycles. The highest BCUT2D eigenvalue weighted by molar-refractivity contribution is 7.09. The largest absolute Gasteiger partial charge is 0.330 e. The van der Waals surface area contributed by atoms with Crippen molar-refractivity contribution in [2.45, 2.75) is 46.0 Å². The van der Waals surface area contributed by atoms with Gasteiger partial charge in [-0.3, -0.25) is 4.79 Å². The van der Waals surface area contributed by atoms with Gasteiger partial charge in [0.1, 0.15) is 5.69 Å². The molecule has 1 aromatic carbocycles. The number of amides is 1.